The molecule has 1 saturated carbocycles. The Hall–Kier alpha value is -1.89. The third kappa shape index (κ3) is 2.99. The lowest BCUT2D eigenvalue weighted by Crippen LogP contribution is -2.40. The molecule has 120 valence electrons. The lowest BCUT2D eigenvalue weighted by Gasteiger charge is -2.32. The number of hydrogen-bond donors (Lipinski definition) is 0. The summed E-state index contributed by atoms with van der Waals surface area (Å²) in [4.78, 5) is 24.8. The van der Waals surface area contributed by atoms with E-state index < -0.39 is 15.1 Å². The van der Waals surface area contributed by atoms with Gasteiger partial charge in [0.2, 0.25) is 0 Å². The van der Waals surface area contributed by atoms with Crippen molar-refractivity contribution in [2.75, 3.05) is 21.2 Å². The van der Waals surface area contributed by atoms with Crippen molar-refractivity contribution in [3.8, 4) is 0 Å². The summed E-state index contributed by atoms with van der Waals surface area (Å²) in [5.74, 6) is -0.975. The molecule has 1 fully saturated rings. The highest BCUT2D eigenvalue weighted by Crippen LogP contribution is 2.37. The van der Waals surface area contributed by atoms with E-state index in [1.165, 1.54) is 24.1 Å². The molecule has 0 aliphatic heterocycles. The molecule has 0 spiro atoms. The molecule has 0 atom stereocenters. The highest BCUT2D eigenvalue weighted by molar-refractivity contribution is 7.92. The molecule has 1 aliphatic carbocycles. The first-order valence-corrected chi connectivity index (χ1v) is 8.45. The van der Waals surface area contributed by atoms with Crippen LogP contribution in [0.4, 0.5) is 0 Å². The van der Waals surface area contributed by atoms with Gasteiger partial charge in [0.15, 0.2) is 9.84 Å². The predicted molar refractivity (Wildman–Crippen MR) is 80.2 cm³/mol. The van der Waals surface area contributed by atoms with Gasteiger partial charge in [0.25, 0.3) is 5.91 Å². The quantitative estimate of drug-likeness (QED) is 0.775. The van der Waals surface area contributed by atoms with Gasteiger partial charge >= 0.3 is 5.97 Å². The van der Waals surface area contributed by atoms with Crippen molar-refractivity contribution in [3.05, 3.63) is 29.8 Å². The van der Waals surface area contributed by atoms with Crippen LogP contribution in [0.15, 0.2) is 29.2 Å². The van der Waals surface area contributed by atoms with E-state index in [4.69, 9.17) is 0 Å². The average molecular weight is 325 g/mol. The maximum absolute atomic E-state index is 12.5. The highest BCUT2D eigenvalue weighted by atomic mass is 32.2. The SMILES string of the molecule is COC(=O)C1CC(S(=O)(=O)c2cccc(C(=O)N(C)C)c2)C1. The number of ether oxygens (including phenoxy) is 1. The maximum atomic E-state index is 12.5. The van der Waals surface area contributed by atoms with Gasteiger partial charge in [0.1, 0.15) is 0 Å². The lowest BCUT2D eigenvalue weighted by molar-refractivity contribution is -0.148. The number of nitrogens with zero attached hydrogens (tertiary/aromatic N) is 1. The standard InChI is InChI=1S/C15H19NO5S/c1-16(2)14(17)10-5-4-6-12(7-10)22(19,20)13-8-11(9-13)15(18)21-3/h4-7,11,13H,8-9H2,1-3H3. The third-order valence-corrected chi connectivity index (χ3v) is 6.06. The Balaban J connectivity index is 2.20. The number of benzene rings is 1. The molecule has 2 rings (SSSR count). The number of esters is 1. The van der Waals surface area contributed by atoms with Gasteiger partial charge in [0, 0.05) is 19.7 Å². The third-order valence-electron chi connectivity index (χ3n) is 3.88. The fourth-order valence-electron chi connectivity index (χ4n) is 2.43. The second-order valence-electron chi connectivity index (χ2n) is 5.59. The summed E-state index contributed by atoms with van der Waals surface area (Å²) in [6, 6.07) is 6.01. The van der Waals surface area contributed by atoms with Crippen molar-refractivity contribution in [1.29, 1.82) is 0 Å². The van der Waals surface area contributed by atoms with Crippen LogP contribution in [-0.2, 0) is 19.4 Å². The zero-order valence-electron chi connectivity index (χ0n) is 12.8. The largest absolute Gasteiger partial charge is 0.469 e. The minimum absolute atomic E-state index is 0.119. The summed E-state index contributed by atoms with van der Waals surface area (Å²) in [6.45, 7) is 0. The predicted octanol–water partition coefficient (Wildman–Crippen LogP) is 1.11. The summed E-state index contributed by atoms with van der Waals surface area (Å²) in [7, 11) is 0.970. The fraction of sp³-hybridized carbons (Fsp3) is 0.467. The van der Waals surface area contributed by atoms with Gasteiger partial charge in [-0.15, -0.1) is 0 Å². The van der Waals surface area contributed by atoms with Crippen molar-refractivity contribution in [2.45, 2.75) is 23.0 Å². The van der Waals surface area contributed by atoms with E-state index in [-0.39, 0.29) is 35.5 Å². The van der Waals surface area contributed by atoms with E-state index >= 15 is 0 Å². The van der Waals surface area contributed by atoms with E-state index in [0.29, 0.717) is 5.56 Å². The zero-order valence-corrected chi connectivity index (χ0v) is 13.6. The van der Waals surface area contributed by atoms with E-state index in [1.54, 1.807) is 26.2 Å². The first-order chi connectivity index (χ1) is 10.3. The summed E-state index contributed by atoms with van der Waals surface area (Å²) in [6.07, 6.45) is 0.529. The maximum Gasteiger partial charge on any atom is 0.308 e. The van der Waals surface area contributed by atoms with Crippen molar-refractivity contribution in [2.24, 2.45) is 5.92 Å². The molecule has 1 aliphatic rings. The molecule has 7 heteroatoms. The number of hydrogen-bond acceptors (Lipinski definition) is 5. The Morgan fingerprint density at radius 1 is 1.23 bits per heavy atom. The first kappa shape index (κ1) is 16.5. The van der Waals surface area contributed by atoms with Crippen LogP contribution in [0.25, 0.3) is 0 Å². The Bertz CT molecular complexity index is 690. The lowest BCUT2D eigenvalue weighted by atomic mass is 9.85. The van der Waals surface area contributed by atoms with E-state index in [0.717, 1.165) is 0 Å². The molecular formula is C15H19NO5S. The highest BCUT2D eigenvalue weighted by Gasteiger charge is 2.43. The average Bonchev–Trinajstić information content (AvgIpc) is 2.44. The second-order valence-corrected chi connectivity index (χ2v) is 7.81. The molecule has 1 amide bonds. The number of amides is 1. The Labute approximate surface area is 130 Å². The Morgan fingerprint density at radius 2 is 1.86 bits per heavy atom. The van der Waals surface area contributed by atoms with Crippen LogP contribution < -0.4 is 0 Å². The molecule has 1 aromatic rings. The summed E-state index contributed by atoms with van der Waals surface area (Å²) in [5, 5.41) is -0.596. The van der Waals surface area contributed by atoms with E-state index in [2.05, 4.69) is 4.74 Å². The van der Waals surface area contributed by atoms with E-state index in [1.807, 2.05) is 0 Å². The summed E-state index contributed by atoms with van der Waals surface area (Å²) < 4.78 is 29.7. The van der Waals surface area contributed by atoms with Crippen LogP contribution in [0.1, 0.15) is 23.2 Å². The molecule has 0 aromatic heterocycles. The molecule has 22 heavy (non-hydrogen) atoms. The van der Waals surface area contributed by atoms with Crippen molar-refractivity contribution >= 4 is 21.7 Å². The van der Waals surface area contributed by atoms with Gasteiger partial charge in [0.05, 0.1) is 23.2 Å². The zero-order chi connectivity index (χ0) is 16.5. The first-order valence-electron chi connectivity index (χ1n) is 6.90. The van der Waals surface area contributed by atoms with Crippen LogP contribution in [0.3, 0.4) is 0 Å². The molecule has 0 bridgehead atoms. The minimum atomic E-state index is -3.54. The molecule has 1 aromatic carbocycles. The molecule has 0 N–H and O–H groups in total. The number of rotatable bonds is 4. The topological polar surface area (TPSA) is 80.8 Å². The summed E-state index contributed by atoms with van der Waals surface area (Å²) in [5.41, 5.74) is 0.329. The molecule has 0 heterocycles. The van der Waals surface area contributed by atoms with Crippen LogP contribution in [0.5, 0.6) is 0 Å². The van der Waals surface area contributed by atoms with Gasteiger partial charge in [-0.05, 0) is 31.0 Å². The molecule has 0 unspecified atom stereocenters. The van der Waals surface area contributed by atoms with Crippen LogP contribution in [-0.4, -0.2) is 51.6 Å². The van der Waals surface area contributed by atoms with Gasteiger partial charge in [-0.3, -0.25) is 9.59 Å². The van der Waals surface area contributed by atoms with Crippen LogP contribution >= 0.6 is 0 Å². The number of methoxy groups -OCH3 is 1. The number of carbonyl (C=O) groups excluding carboxylic acids is 2. The molecule has 0 saturated heterocycles. The minimum Gasteiger partial charge on any atom is -0.469 e. The number of sulfone groups is 1. The Kier molecular flexibility index (Phi) is 4.55. The normalized spacial score (nSPS) is 20.9. The monoisotopic (exact) mass is 325 g/mol. The van der Waals surface area contributed by atoms with Crippen molar-refractivity contribution in [1.82, 2.24) is 4.90 Å². The van der Waals surface area contributed by atoms with Gasteiger partial charge in [-0.25, -0.2) is 8.42 Å². The van der Waals surface area contributed by atoms with Crippen LogP contribution in [0, 0.1) is 5.92 Å². The Morgan fingerprint density at radius 3 is 2.41 bits per heavy atom. The summed E-state index contributed by atoms with van der Waals surface area (Å²) >= 11 is 0. The molecular weight excluding hydrogens is 306 g/mol. The van der Waals surface area contributed by atoms with Crippen molar-refractivity contribution < 1.29 is 22.7 Å². The fourth-order valence-corrected chi connectivity index (χ4v) is 4.35. The van der Waals surface area contributed by atoms with Gasteiger partial charge in [-0.1, -0.05) is 6.07 Å². The molecule has 0 radical (unpaired) electrons. The smallest absolute Gasteiger partial charge is 0.308 e. The number of carbonyl (C=O) groups is 2. The van der Waals surface area contributed by atoms with Gasteiger partial charge < -0.3 is 9.64 Å². The van der Waals surface area contributed by atoms with Crippen molar-refractivity contribution in [3.63, 3.8) is 0 Å². The molecule has 6 nitrogen and oxygen atoms in total. The van der Waals surface area contributed by atoms with Gasteiger partial charge in [-0.2, -0.15) is 0 Å². The second kappa shape index (κ2) is 6.08. The van der Waals surface area contributed by atoms with E-state index in [9.17, 15) is 18.0 Å². The van der Waals surface area contributed by atoms with Crippen LogP contribution in [0.2, 0.25) is 0 Å².